The van der Waals surface area contributed by atoms with Gasteiger partial charge >= 0.3 is 0 Å². The van der Waals surface area contributed by atoms with Gasteiger partial charge in [0.1, 0.15) is 0 Å². The Morgan fingerprint density at radius 3 is 3.13 bits per heavy atom. The van der Waals surface area contributed by atoms with Crippen LogP contribution in [0.2, 0.25) is 0 Å². The summed E-state index contributed by atoms with van der Waals surface area (Å²) < 4.78 is 1.04. The largest absolute Gasteiger partial charge is 0.395 e. The smallest absolute Gasteiger partial charge is 0.181 e. The molecule has 0 bridgehead atoms. The SMILES string of the molecule is Nc1nc2c(C#CCCO)cccc2s1. The van der Waals surface area contributed by atoms with Crippen LogP contribution in [-0.2, 0) is 0 Å². The van der Waals surface area contributed by atoms with Crippen molar-refractivity contribution in [1.29, 1.82) is 0 Å². The van der Waals surface area contributed by atoms with Crippen molar-refractivity contribution in [3.8, 4) is 11.8 Å². The van der Waals surface area contributed by atoms with Crippen molar-refractivity contribution in [1.82, 2.24) is 4.98 Å². The highest BCUT2D eigenvalue weighted by Crippen LogP contribution is 2.25. The number of rotatable bonds is 1. The molecule has 4 heteroatoms. The molecule has 0 aliphatic rings. The molecule has 3 N–H and O–H groups in total. The Kier molecular flexibility index (Phi) is 2.86. The molecule has 0 saturated heterocycles. The number of aromatic nitrogens is 1. The fourth-order valence-corrected chi connectivity index (χ4v) is 2.04. The van der Waals surface area contributed by atoms with Gasteiger partial charge in [0.15, 0.2) is 5.13 Å². The fourth-order valence-electron chi connectivity index (χ4n) is 1.28. The van der Waals surface area contributed by atoms with Gasteiger partial charge in [-0.05, 0) is 12.1 Å². The first kappa shape index (κ1) is 9.97. The van der Waals surface area contributed by atoms with Gasteiger partial charge in [0.25, 0.3) is 0 Å². The Balaban J connectivity index is 2.47. The van der Waals surface area contributed by atoms with Gasteiger partial charge in [0.05, 0.1) is 22.4 Å². The monoisotopic (exact) mass is 218 g/mol. The number of aliphatic hydroxyl groups is 1. The standard InChI is InChI=1S/C11H10N2OS/c12-11-13-10-8(4-1-2-7-14)5-3-6-9(10)15-11/h3,5-6,14H,2,7H2,(H2,12,13). The zero-order chi connectivity index (χ0) is 10.7. The minimum atomic E-state index is 0.0855. The van der Waals surface area contributed by atoms with E-state index in [-0.39, 0.29) is 6.61 Å². The van der Waals surface area contributed by atoms with Crippen molar-refractivity contribution in [2.45, 2.75) is 6.42 Å². The summed E-state index contributed by atoms with van der Waals surface area (Å²) in [5, 5.41) is 9.18. The predicted octanol–water partition coefficient (Wildman–Crippen LogP) is 1.61. The molecule has 0 atom stereocenters. The lowest BCUT2D eigenvalue weighted by atomic mass is 10.2. The molecule has 0 unspecified atom stereocenters. The van der Waals surface area contributed by atoms with Gasteiger partial charge in [-0.15, -0.1) is 0 Å². The summed E-state index contributed by atoms with van der Waals surface area (Å²) in [5.41, 5.74) is 7.36. The fraction of sp³-hybridized carbons (Fsp3) is 0.182. The number of hydrogen-bond donors (Lipinski definition) is 2. The van der Waals surface area contributed by atoms with E-state index in [9.17, 15) is 0 Å². The maximum atomic E-state index is 8.63. The highest BCUT2D eigenvalue weighted by atomic mass is 32.1. The normalized spacial score (nSPS) is 9.93. The quantitative estimate of drug-likeness (QED) is 0.715. The second kappa shape index (κ2) is 4.30. The molecule has 0 aliphatic heterocycles. The molecule has 0 aliphatic carbocycles. The van der Waals surface area contributed by atoms with Crippen LogP contribution >= 0.6 is 11.3 Å². The van der Waals surface area contributed by atoms with Gasteiger partial charge in [0, 0.05) is 6.42 Å². The molecule has 1 heterocycles. The summed E-state index contributed by atoms with van der Waals surface area (Å²) in [6.45, 7) is 0.0855. The Bertz CT molecular complexity index is 536. The van der Waals surface area contributed by atoms with Crippen LogP contribution in [0.25, 0.3) is 10.2 Å². The van der Waals surface area contributed by atoms with Gasteiger partial charge in [0.2, 0.25) is 0 Å². The molecule has 15 heavy (non-hydrogen) atoms. The molecular weight excluding hydrogens is 208 g/mol. The van der Waals surface area contributed by atoms with Crippen molar-refractivity contribution >= 4 is 26.7 Å². The minimum Gasteiger partial charge on any atom is -0.395 e. The summed E-state index contributed by atoms with van der Waals surface area (Å²) >= 11 is 1.46. The van der Waals surface area contributed by atoms with Crippen LogP contribution in [0.4, 0.5) is 5.13 Å². The van der Waals surface area contributed by atoms with Crippen LogP contribution in [0.3, 0.4) is 0 Å². The lowest BCUT2D eigenvalue weighted by Gasteiger charge is -1.90. The number of thiazole rings is 1. The molecule has 0 radical (unpaired) electrons. The lowest BCUT2D eigenvalue weighted by Crippen LogP contribution is -1.82. The maximum absolute atomic E-state index is 8.63. The summed E-state index contributed by atoms with van der Waals surface area (Å²) in [6.07, 6.45) is 0.482. The first-order valence-corrected chi connectivity index (χ1v) is 5.37. The van der Waals surface area contributed by atoms with E-state index < -0.39 is 0 Å². The molecular formula is C11H10N2OS. The third-order valence-electron chi connectivity index (χ3n) is 1.90. The molecule has 76 valence electrons. The van der Waals surface area contributed by atoms with E-state index in [1.165, 1.54) is 11.3 Å². The number of nitrogen functional groups attached to an aromatic ring is 1. The number of aliphatic hydroxyl groups excluding tert-OH is 1. The van der Waals surface area contributed by atoms with Crippen molar-refractivity contribution < 1.29 is 5.11 Å². The number of anilines is 1. The molecule has 0 fully saturated rings. The van der Waals surface area contributed by atoms with Crippen LogP contribution in [-0.4, -0.2) is 16.7 Å². The van der Waals surface area contributed by atoms with E-state index >= 15 is 0 Å². The third-order valence-corrected chi connectivity index (χ3v) is 2.75. The van der Waals surface area contributed by atoms with Gasteiger partial charge in [-0.25, -0.2) is 4.98 Å². The number of benzene rings is 1. The van der Waals surface area contributed by atoms with Gasteiger partial charge in [-0.1, -0.05) is 29.2 Å². The van der Waals surface area contributed by atoms with E-state index in [4.69, 9.17) is 10.8 Å². The van der Waals surface area contributed by atoms with E-state index in [1.54, 1.807) is 0 Å². The Morgan fingerprint density at radius 2 is 2.33 bits per heavy atom. The van der Waals surface area contributed by atoms with E-state index in [1.807, 2.05) is 18.2 Å². The highest BCUT2D eigenvalue weighted by molar-refractivity contribution is 7.22. The van der Waals surface area contributed by atoms with Crippen LogP contribution in [0.5, 0.6) is 0 Å². The van der Waals surface area contributed by atoms with E-state index in [2.05, 4.69) is 16.8 Å². The van der Waals surface area contributed by atoms with Crippen molar-refractivity contribution in [3.63, 3.8) is 0 Å². The van der Waals surface area contributed by atoms with Crippen molar-refractivity contribution in [3.05, 3.63) is 23.8 Å². The van der Waals surface area contributed by atoms with Crippen molar-refractivity contribution in [2.75, 3.05) is 12.3 Å². The molecule has 3 nitrogen and oxygen atoms in total. The van der Waals surface area contributed by atoms with Gasteiger partial charge in [-0.2, -0.15) is 0 Å². The minimum absolute atomic E-state index is 0.0855. The molecule has 1 aromatic carbocycles. The molecule has 0 amide bonds. The summed E-state index contributed by atoms with van der Waals surface area (Å²) in [5.74, 6) is 5.86. The number of nitrogens with zero attached hydrogens (tertiary/aromatic N) is 1. The van der Waals surface area contributed by atoms with E-state index in [0.717, 1.165) is 15.8 Å². The molecule has 2 rings (SSSR count). The van der Waals surface area contributed by atoms with E-state index in [0.29, 0.717) is 11.6 Å². The maximum Gasteiger partial charge on any atom is 0.181 e. The average molecular weight is 218 g/mol. The number of para-hydroxylation sites is 1. The Morgan fingerprint density at radius 1 is 1.47 bits per heavy atom. The van der Waals surface area contributed by atoms with Crippen LogP contribution < -0.4 is 5.73 Å². The average Bonchev–Trinajstić information content (AvgIpc) is 2.59. The zero-order valence-electron chi connectivity index (χ0n) is 8.03. The van der Waals surface area contributed by atoms with Gasteiger partial charge < -0.3 is 10.8 Å². The number of hydrogen-bond acceptors (Lipinski definition) is 4. The van der Waals surface area contributed by atoms with Crippen LogP contribution in [0.1, 0.15) is 12.0 Å². The molecule has 2 aromatic rings. The number of fused-ring (bicyclic) bond motifs is 1. The number of nitrogens with two attached hydrogens (primary N) is 1. The lowest BCUT2D eigenvalue weighted by molar-refractivity contribution is 0.305. The molecule has 0 spiro atoms. The topological polar surface area (TPSA) is 59.1 Å². The molecule has 0 saturated carbocycles. The Hall–Kier alpha value is -1.57. The second-order valence-corrected chi connectivity index (χ2v) is 4.04. The van der Waals surface area contributed by atoms with Crippen LogP contribution in [0.15, 0.2) is 18.2 Å². The Labute approximate surface area is 91.6 Å². The van der Waals surface area contributed by atoms with Crippen LogP contribution in [0, 0.1) is 11.8 Å². The van der Waals surface area contributed by atoms with Crippen molar-refractivity contribution in [2.24, 2.45) is 0 Å². The predicted molar refractivity (Wildman–Crippen MR) is 62.6 cm³/mol. The summed E-state index contributed by atoms with van der Waals surface area (Å²) in [7, 11) is 0. The summed E-state index contributed by atoms with van der Waals surface area (Å²) in [4.78, 5) is 4.22. The first-order chi connectivity index (χ1) is 7.31. The summed E-state index contributed by atoms with van der Waals surface area (Å²) in [6, 6.07) is 5.81. The molecule has 1 aromatic heterocycles. The highest BCUT2D eigenvalue weighted by Gasteiger charge is 2.03. The second-order valence-electron chi connectivity index (χ2n) is 2.98. The third kappa shape index (κ3) is 2.09. The van der Waals surface area contributed by atoms with Gasteiger partial charge in [-0.3, -0.25) is 0 Å². The first-order valence-electron chi connectivity index (χ1n) is 4.56. The zero-order valence-corrected chi connectivity index (χ0v) is 8.84.